The van der Waals surface area contributed by atoms with Gasteiger partial charge in [0.15, 0.2) is 0 Å². The third-order valence-electron chi connectivity index (χ3n) is 3.99. The van der Waals surface area contributed by atoms with Gasteiger partial charge in [-0.15, -0.1) is 11.3 Å². The molecule has 132 valence electrons. The monoisotopic (exact) mass is 382 g/mol. The van der Waals surface area contributed by atoms with Crippen molar-refractivity contribution in [1.82, 2.24) is 4.90 Å². The van der Waals surface area contributed by atoms with Crippen molar-refractivity contribution in [3.8, 4) is 0 Å². The van der Waals surface area contributed by atoms with Crippen molar-refractivity contribution in [3.05, 3.63) is 86.6 Å². The first kappa shape index (κ1) is 18.4. The molecule has 0 bridgehead atoms. The molecule has 26 heavy (non-hydrogen) atoms. The molecule has 1 heterocycles. The van der Waals surface area contributed by atoms with Gasteiger partial charge in [0.25, 0.3) is 5.91 Å². The van der Waals surface area contributed by atoms with Gasteiger partial charge in [-0.05, 0) is 12.5 Å². The Morgan fingerprint density at radius 1 is 0.962 bits per heavy atom. The lowest BCUT2D eigenvalue weighted by atomic mass is 10.0. The average molecular weight is 383 g/mol. The summed E-state index contributed by atoms with van der Waals surface area (Å²) in [7, 11) is 3.47. The summed E-state index contributed by atoms with van der Waals surface area (Å²) >= 11 is 7.74. The van der Waals surface area contributed by atoms with Gasteiger partial charge < -0.3 is 4.90 Å². The number of hydrogen-bond donors (Lipinski definition) is 0. The van der Waals surface area contributed by atoms with Gasteiger partial charge >= 0.3 is 0 Å². The summed E-state index contributed by atoms with van der Waals surface area (Å²) in [5, 5.41) is 0. The summed E-state index contributed by atoms with van der Waals surface area (Å²) in [6.45, 7) is 1.89. The second-order valence-electron chi connectivity index (χ2n) is 6.07. The minimum absolute atomic E-state index is 0.0585. The van der Waals surface area contributed by atoms with Crippen molar-refractivity contribution in [2.24, 2.45) is 4.99 Å². The lowest BCUT2D eigenvalue weighted by Gasteiger charge is -2.10. The van der Waals surface area contributed by atoms with E-state index in [1.165, 1.54) is 11.3 Å². The van der Waals surface area contributed by atoms with E-state index in [4.69, 9.17) is 16.6 Å². The molecule has 0 fully saturated rings. The number of halogens is 1. The molecule has 0 atom stereocenters. The van der Waals surface area contributed by atoms with Crippen molar-refractivity contribution in [2.45, 2.75) is 6.92 Å². The molecule has 2 aromatic carbocycles. The number of aliphatic imine (C=N–C) groups is 1. The van der Waals surface area contributed by atoms with Crippen molar-refractivity contribution < 1.29 is 4.79 Å². The molecule has 1 amide bonds. The zero-order valence-corrected chi connectivity index (χ0v) is 16.4. The highest BCUT2D eigenvalue weighted by Gasteiger charge is 2.21. The van der Waals surface area contributed by atoms with Gasteiger partial charge in [0.1, 0.15) is 4.34 Å². The fraction of sp³-hybridized carbons (Fsp3) is 0.143. The SMILES string of the molecule is Cc1c(C(=O)N(C)C)sc(Cl)c1N=C(c1ccccc1)c1ccccc1. The Bertz CT molecular complexity index is 905. The molecule has 3 aromatic rings. The van der Waals surface area contributed by atoms with Crippen LogP contribution in [0.1, 0.15) is 26.4 Å². The Labute approximate surface area is 162 Å². The highest BCUT2D eigenvalue weighted by atomic mass is 35.5. The molecule has 0 saturated carbocycles. The minimum atomic E-state index is -0.0585. The molecule has 3 nitrogen and oxygen atoms in total. The van der Waals surface area contributed by atoms with Crippen LogP contribution in [0.15, 0.2) is 65.7 Å². The second-order valence-corrected chi connectivity index (χ2v) is 7.69. The third-order valence-corrected chi connectivity index (χ3v) is 5.46. The number of carbonyl (C=O) groups excluding carboxylic acids is 1. The average Bonchev–Trinajstić information content (AvgIpc) is 2.94. The molecule has 0 aliphatic carbocycles. The van der Waals surface area contributed by atoms with Crippen LogP contribution in [0.3, 0.4) is 0 Å². The summed E-state index contributed by atoms with van der Waals surface area (Å²) in [6, 6.07) is 20.0. The van der Waals surface area contributed by atoms with Crippen LogP contribution in [0.2, 0.25) is 4.34 Å². The van der Waals surface area contributed by atoms with Crippen LogP contribution < -0.4 is 0 Å². The first-order chi connectivity index (χ1) is 12.5. The van der Waals surface area contributed by atoms with Crippen LogP contribution in [0.5, 0.6) is 0 Å². The molecular weight excluding hydrogens is 364 g/mol. The van der Waals surface area contributed by atoms with Crippen molar-refractivity contribution in [3.63, 3.8) is 0 Å². The van der Waals surface area contributed by atoms with Crippen LogP contribution in [0.4, 0.5) is 5.69 Å². The Hall–Kier alpha value is -2.43. The van der Waals surface area contributed by atoms with Crippen LogP contribution in [0.25, 0.3) is 0 Å². The van der Waals surface area contributed by atoms with Crippen LogP contribution in [-0.2, 0) is 0 Å². The minimum Gasteiger partial charge on any atom is -0.344 e. The standard InChI is InChI=1S/C21H19ClN2OS/c1-14-17(20(22)26-19(14)21(25)24(2)3)23-18(15-10-6-4-7-11-15)16-12-8-5-9-13-16/h4-13H,1-3H3. The molecule has 3 rings (SSSR count). The smallest absolute Gasteiger partial charge is 0.263 e. The zero-order valence-electron chi connectivity index (χ0n) is 14.9. The van der Waals surface area contributed by atoms with Gasteiger partial charge in [0.2, 0.25) is 0 Å². The Morgan fingerprint density at radius 3 is 1.92 bits per heavy atom. The number of hydrogen-bond acceptors (Lipinski definition) is 3. The number of rotatable bonds is 4. The van der Waals surface area contributed by atoms with Crippen LogP contribution in [-0.4, -0.2) is 30.6 Å². The predicted octanol–water partition coefficient (Wildman–Crippen LogP) is 5.58. The normalized spacial score (nSPS) is 10.5. The van der Waals surface area contributed by atoms with Gasteiger partial charge in [-0.25, -0.2) is 4.99 Å². The molecule has 0 aliphatic heterocycles. The lowest BCUT2D eigenvalue weighted by Crippen LogP contribution is -2.21. The van der Waals surface area contributed by atoms with E-state index in [-0.39, 0.29) is 5.91 Å². The Morgan fingerprint density at radius 2 is 1.46 bits per heavy atom. The van der Waals surface area contributed by atoms with Crippen molar-refractivity contribution >= 4 is 40.2 Å². The highest BCUT2D eigenvalue weighted by Crippen LogP contribution is 2.40. The largest absolute Gasteiger partial charge is 0.344 e. The lowest BCUT2D eigenvalue weighted by molar-refractivity contribution is 0.0831. The third kappa shape index (κ3) is 3.71. The van der Waals surface area contributed by atoms with Gasteiger partial charge in [-0.3, -0.25) is 4.79 Å². The fourth-order valence-corrected chi connectivity index (χ4v) is 4.01. The maximum atomic E-state index is 12.4. The molecule has 0 unspecified atom stereocenters. The van der Waals surface area contributed by atoms with E-state index < -0.39 is 0 Å². The molecular formula is C21H19ClN2OS. The van der Waals surface area contributed by atoms with Crippen LogP contribution in [0, 0.1) is 6.92 Å². The van der Waals surface area contributed by atoms with E-state index in [9.17, 15) is 4.79 Å². The fourth-order valence-electron chi connectivity index (χ4n) is 2.60. The number of benzene rings is 2. The van der Waals surface area contributed by atoms with E-state index in [0.29, 0.717) is 14.9 Å². The predicted molar refractivity (Wildman–Crippen MR) is 110 cm³/mol. The maximum absolute atomic E-state index is 12.4. The summed E-state index contributed by atoms with van der Waals surface area (Å²) in [6.07, 6.45) is 0. The van der Waals surface area contributed by atoms with E-state index in [0.717, 1.165) is 22.4 Å². The van der Waals surface area contributed by atoms with E-state index in [1.807, 2.05) is 67.6 Å². The topological polar surface area (TPSA) is 32.7 Å². The molecule has 0 aliphatic rings. The maximum Gasteiger partial charge on any atom is 0.263 e. The van der Waals surface area contributed by atoms with Gasteiger partial charge in [-0.2, -0.15) is 0 Å². The van der Waals surface area contributed by atoms with Crippen LogP contribution >= 0.6 is 22.9 Å². The Balaban J connectivity index is 2.17. The number of carbonyl (C=O) groups is 1. The first-order valence-electron chi connectivity index (χ1n) is 8.19. The summed E-state index contributed by atoms with van der Waals surface area (Å²) in [4.78, 5) is 19.4. The molecule has 0 saturated heterocycles. The molecule has 0 N–H and O–H groups in total. The molecule has 5 heteroatoms. The molecule has 0 spiro atoms. The summed E-state index contributed by atoms with van der Waals surface area (Å²) in [5.41, 5.74) is 4.30. The number of nitrogens with zero attached hydrogens (tertiary/aromatic N) is 2. The number of thiophene rings is 1. The van der Waals surface area contributed by atoms with Gasteiger partial charge in [0, 0.05) is 25.2 Å². The van der Waals surface area contributed by atoms with Crippen molar-refractivity contribution in [2.75, 3.05) is 14.1 Å². The summed E-state index contributed by atoms with van der Waals surface area (Å²) in [5.74, 6) is -0.0585. The Kier molecular flexibility index (Phi) is 5.55. The highest BCUT2D eigenvalue weighted by molar-refractivity contribution is 7.18. The van der Waals surface area contributed by atoms with E-state index in [2.05, 4.69) is 0 Å². The second kappa shape index (κ2) is 7.85. The van der Waals surface area contributed by atoms with Crippen molar-refractivity contribution in [1.29, 1.82) is 0 Å². The van der Waals surface area contributed by atoms with E-state index >= 15 is 0 Å². The first-order valence-corrected chi connectivity index (χ1v) is 9.38. The molecule has 0 radical (unpaired) electrons. The quantitative estimate of drug-likeness (QED) is 0.542. The van der Waals surface area contributed by atoms with Gasteiger partial charge in [0.05, 0.1) is 16.3 Å². The number of amides is 1. The van der Waals surface area contributed by atoms with Gasteiger partial charge in [-0.1, -0.05) is 72.3 Å². The zero-order chi connectivity index (χ0) is 18.7. The molecule has 1 aromatic heterocycles. The van der Waals surface area contributed by atoms with E-state index in [1.54, 1.807) is 19.0 Å². The summed E-state index contributed by atoms with van der Waals surface area (Å²) < 4.78 is 0.525.